The van der Waals surface area contributed by atoms with Crippen LogP contribution in [0.3, 0.4) is 0 Å². The minimum atomic E-state index is 0.721. The first kappa shape index (κ1) is 18.9. The van der Waals surface area contributed by atoms with Crippen LogP contribution in [0, 0.1) is 0 Å². The minimum Gasteiger partial charge on any atom is -0.497 e. The zero-order valence-corrected chi connectivity index (χ0v) is 17.9. The van der Waals surface area contributed by atoms with Crippen LogP contribution in [0.15, 0.2) is 91.0 Å². The summed E-state index contributed by atoms with van der Waals surface area (Å²) >= 11 is 7.89. The second-order valence-corrected chi connectivity index (χ2v) is 8.43. The molecule has 0 aliphatic carbocycles. The highest BCUT2D eigenvalue weighted by Crippen LogP contribution is 2.45. The van der Waals surface area contributed by atoms with Crippen molar-refractivity contribution in [2.45, 2.75) is 0 Å². The smallest absolute Gasteiger partial charge is 0.125 e. The highest BCUT2D eigenvalue weighted by atomic mass is 35.5. The summed E-state index contributed by atoms with van der Waals surface area (Å²) in [6.07, 6.45) is 0. The Morgan fingerprint density at radius 3 is 1.93 bits per heavy atom. The molecule has 1 heterocycles. The van der Waals surface area contributed by atoms with Gasteiger partial charge >= 0.3 is 0 Å². The standard InChI is InChI=1S/C26H18ClNOS/c1-29-20-15-21(17-8-4-2-5-9-17)25(22(16-20)18-10-6-3-7-11-18)26-28-23-13-12-19(27)14-24(23)30-26/h2-16H,1H3. The van der Waals surface area contributed by atoms with Gasteiger partial charge in [0.25, 0.3) is 0 Å². The summed E-state index contributed by atoms with van der Waals surface area (Å²) in [5.41, 5.74) is 6.50. The Morgan fingerprint density at radius 2 is 1.37 bits per heavy atom. The normalized spacial score (nSPS) is 11.0. The Labute approximate surface area is 184 Å². The topological polar surface area (TPSA) is 22.1 Å². The molecule has 2 nitrogen and oxygen atoms in total. The molecular formula is C26H18ClNOS. The van der Waals surface area contributed by atoms with Crippen LogP contribution in [0.4, 0.5) is 0 Å². The molecule has 4 heteroatoms. The molecule has 0 saturated heterocycles. The van der Waals surface area contributed by atoms with Gasteiger partial charge in [-0.15, -0.1) is 11.3 Å². The second-order valence-electron chi connectivity index (χ2n) is 6.96. The van der Waals surface area contributed by atoms with Crippen LogP contribution in [-0.2, 0) is 0 Å². The van der Waals surface area contributed by atoms with Gasteiger partial charge in [0.15, 0.2) is 0 Å². The first-order valence-electron chi connectivity index (χ1n) is 9.62. The summed E-state index contributed by atoms with van der Waals surface area (Å²) in [6.45, 7) is 0. The lowest BCUT2D eigenvalue weighted by atomic mass is 9.91. The fourth-order valence-electron chi connectivity index (χ4n) is 3.66. The Balaban J connectivity index is 1.86. The number of methoxy groups -OCH3 is 1. The van der Waals surface area contributed by atoms with Crippen LogP contribution in [0.2, 0.25) is 5.02 Å². The van der Waals surface area contributed by atoms with Gasteiger partial charge in [-0.1, -0.05) is 72.3 Å². The van der Waals surface area contributed by atoms with Gasteiger partial charge in [0.1, 0.15) is 10.8 Å². The average Bonchev–Trinajstić information content (AvgIpc) is 3.22. The lowest BCUT2D eigenvalue weighted by molar-refractivity contribution is 0.415. The van der Waals surface area contributed by atoms with E-state index in [1.54, 1.807) is 18.4 Å². The molecule has 0 atom stereocenters. The molecule has 0 N–H and O–H groups in total. The van der Waals surface area contributed by atoms with Gasteiger partial charge in [0.05, 0.1) is 17.3 Å². The van der Waals surface area contributed by atoms with Crippen molar-refractivity contribution in [3.8, 4) is 38.6 Å². The molecule has 5 rings (SSSR count). The van der Waals surface area contributed by atoms with Gasteiger partial charge in [-0.2, -0.15) is 0 Å². The van der Waals surface area contributed by atoms with Crippen LogP contribution >= 0.6 is 22.9 Å². The predicted molar refractivity (Wildman–Crippen MR) is 127 cm³/mol. The molecule has 146 valence electrons. The number of benzene rings is 4. The van der Waals surface area contributed by atoms with Gasteiger partial charge in [0.2, 0.25) is 0 Å². The summed E-state index contributed by atoms with van der Waals surface area (Å²) in [5, 5.41) is 1.69. The van der Waals surface area contributed by atoms with Crippen molar-refractivity contribution in [1.82, 2.24) is 4.98 Å². The van der Waals surface area contributed by atoms with Crippen molar-refractivity contribution in [2.75, 3.05) is 7.11 Å². The molecule has 0 aliphatic heterocycles. The monoisotopic (exact) mass is 427 g/mol. The summed E-state index contributed by atoms with van der Waals surface area (Å²) in [4.78, 5) is 4.97. The molecule has 0 spiro atoms. The minimum absolute atomic E-state index is 0.721. The number of hydrogen-bond acceptors (Lipinski definition) is 3. The Hall–Kier alpha value is -3.14. The van der Waals surface area contributed by atoms with E-state index in [2.05, 4.69) is 60.7 Å². The van der Waals surface area contributed by atoms with E-state index < -0.39 is 0 Å². The predicted octanol–water partition coefficient (Wildman–Crippen LogP) is 7.96. The highest BCUT2D eigenvalue weighted by molar-refractivity contribution is 7.21. The van der Waals surface area contributed by atoms with E-state index in [0.29, 0.717) is 0 Å². The van der Waals surface area contributed by atoms with Gasteiger partial charge in [0, 0.05) is 10.6 Å². The summed E-state index contributed by atoms with van der Waals surface area (Å²) in [6, 6.07) is 30.8. The second kappa shape index (κ2) is 7.94. The molecule has 4 aromatic carbocycles. The fourth-order valence-corrected chi connectivity index (χ4v) is 4.98. The van der Waals surface area contributed by atoms with Gasteiger partial charge in [-0.05, 0) is 52.6 Å². The van der Waals surface area contributed by atoms with E-state index in [-0.39, 0.29) is 0 Å². The highest BCUT2D eigenvalue weighted by Gasteiger charge is 2.19. The number of halogens is 1. The third-order valence-electron chi connectivity index (χ3n) is 5.08. The van der Waals surface area contributed by atoms with Gasteiger partial charge < -0.3 is 4.74 Å². The van der Waals surface area contributed by atoms with Gasteiger partial charge in [-0.3, -0.25) is 0 Å². The number of thiazole rings is 1. The average molecular weight is 428 g/mol. The third kappa shape index (κ3) is 3.47. The third-order valence-corrected chi connectivity index (χ3v) is 6.35. The van der Waals surface area contributed by atoms with Crippen molar-refractivity contribution >= 4 is 33.2 Å². The molecule has 0 radical (unpaired) electrons. The van der Waals surface area contributed by atoms with Gasteiger partial charge in [-0.25, -0.2) is 4.98 Å². The van der Waals surface area contributed by atoms with Crippen molar-refractivity contribution in [1.29, 1.82) is 0 Å². The number of ether oxygens (including phenoxy) is 1. The maximum Gasteiger partial charge on any atom is 0.125 e. The molecule has 0 unspecified atom stereocenters. The molecule has 0 amide bonds. The van der Waals surface area contributed by atoms with E-state index in [4.69, 9.17) is 21.3 Å². The molecule has 30 heavy (non-hydrogen) atoms. The maximum absolute atomic E-state index is 6.23. The molecule has 1 aromatic heterocycles. The summed E-state index contributed by atoms with van der Waals surface area (Å²) < 4.78 is 6.74. The zero-order chi connectivity index (χ0) is 20.5. The first-order chi connectivity index (χ1) is 14.7. The number of aromatic nitrogens is 1. The lowest BCUT2D eigenvalue weighted by Crippen LogP contribution is -1.93. The van der Waals surface area contributed by atoms with E-state index in [0.717, 1.165) is 53.8 Å². The van der Waals surface area contributed by atoms with Crippen molar-refractivity contribution < 1.29 is 4.74 Å². The van der Waals surface area contributed by atoms with E-state index in [1.165, 1.54) is 0 Å². The van der Waals surface area contributed by atoms with E-state index in [1.807, 2.05) is 30.3 Å². The van der Waals surface area contributed by atoms with Crippen LogP contribution in [0.1, 0.15) is 0 Å². The number of fused-ring (bicyclic) bond motifs is 1. The van der Waals surface area contributed by atoms with E-state index >= 15 is 0 Å². The number of rotatable bonds is 4. The Bertz CT molecular complexity index is 1270. The zero-order valence-electron chi connectivity index (χ0n) is 16.3. The van der Waals surface area contributed by atoms with Crippen LogP contribution in [-0.4, -0.2) is 12.1 Å². The van der Waals surface area contributed by atoms with Crippen molar-refractivity contribution in [3.63, 3.8) is 0 Å². The van der Waals surface area contributed by atoms with Crippen LogP contribution in [0.5, 0.6) is 5.75 Å². The van der Waals surface area contributed by atoms with Crippen LogP contribution < -0.4 is 4.74 Å². The van der Waals surface area contributed by atoms with Crippen LogP contribution in [0.25, 0.3) is 43.0 Å². The summed E-state index contributed by atoms with van der Waals surface area (Å²) in [5.74, 6) is 0.820. The Kier molecular flexibility index (Phi) is 4.99. The lowest BCUT2D eigenvalue weighted by Gasteiger charge is -2.16. The SMILES string of the molecule is COc1cc(-c2ccccc2)c(-c2nc3ccc(Cl)cc3s2)c(-c2ccccc2)c1. The summed E-state index contributed by atoms with van der Waals surface area (Å²) in [7, 11) is 1.71. The largest absolute Gasteiger partial charge is 0.497 e. The molecule has 0 bridgehead atoms. The van der Waals surface area contributed by atoms with Crippen molar-refractivity contribution in [3.05, 3.63) is 96.0 Å². The molecule has 0 fully saturated rings. The molecule has 0 aliphatic rings. The first-order valence-corrected chi connectivity index (χ1v) is 10.8. The molecule has 0 saturated carbocycles. The number of hydrogen-bond donors (Lipinski definition) is 0. The molecule has 5 aromatic rings. The maximum atomic E-state index is 6.23. The Morgan fingerprint density at radius 1 is 0.767 bits per heavy atom. The van der Waals surface area contributed by atoms with Crippen molar-refractivity contribution in [2.24, 2.45) is 0 Å². The quantitative estimate of drug-likeness (QED) is 0.290. The number of nitrogens with zero attached hydrogens (tertiary/aromatic N) is 1. The molecular weight excluding hydrogens is 410 g/mol. The van der Waals surface area contributed by atoms with E-state index in [9.17, 15) is 0 Å². The fraction of sp³-hybridized carbons (Fsp3) is 0.0385.